The molecule has 3 rings (SSSR count). The monoisotopic (exact) mass is 378 g/mol. The summed E-state index contributed by atoms with van der Waals surface area (Å²) in [6.45, 7) is 8.52. The standard InChI is InChI=1S/C20H31FN4O2/c1-3-22-19(23-13-20(2,26)14-25-8-10-27-11-9-25)24-18-12-16(18)15-6-4-5-7-17(15)21/h4-7,16,18,26H,3,8-14H2,1-2H3,(H2,22,23,24). The highest BCUT2D eigenvalue weighted by molar-refractivity contribution is 5.80. The van der Waals surface area contributed by atoms with Gasteiger partial charge in [0.1, 0.15) is 5.82 Å². The fraction of sp³-hybridized carbons (Fsp3) is 0.650. The number of benzene rings is 1. The molecule has 7 heteroatoms. The van der Waals surface area contributed by atoms with Crippen molar-refractivity contribution < 1.29 is 14.2 Å². The van der Waals surface area contributed by atoms with Crippen LogP contribution in [0, 0.1) is 5.82 Å². The topological polar surface area (TPSA) is 69.1 Å². The van der Waals surface area contributed by atoms with Crippen molar-refractivity contribution >= 4 is 5.96 Å². The van der Waals surface area contributed by atoms with E-state index < -0.39 is 5.60 Å². The molecular formula is C20H31FN4O2. The van der Waals surface area contributed by atoms with Crippen LogP contribution in [0.3, 0.4) is 0 Å². The number of ether oxygens (including phenoxy) is 1. The zero-order valence-electron chi connectivity index (χ0n) is 16.2. The summed E-state index contributed by atoms with van der Waals surface area (Å²) < 4.78 is 19.3. The van der Waals surface area contributed by atoms with E-state index in [1.165, 1.54) is 6.07 Å². The lowest BCUT2D eigenvalue weighted by molar-refractivity contribution is -0.0180. The number of guanidine groups is 1. The van der Waals surface area contributed by atoms with E-state index in [4.69, 9.17) is 4.74 Å². The van der Waals surface area contributed by atoms with Crippen LogP contribution in [0.2, 0.25) is 0 Å². The molecule has 1 saturated carbocycles. The van der Waals surface area contributed by atoms with Gasteiger partial charge in [-0.25, -0.2) is 4.39 Å². The van der Waals surface area contributed by atoms with Gasteiger partial charge >= 0.3 is 0 Å². The fourth-order valence-electron chi connectivity index (χ4n) is 3.51. The molecule has 0 bridgehead atoms. The van der Waals surface area contributed by atoms with Crippen molar-refractivity contribution in [3.8, 4) is 0 Å². The van der Waals surface area contributed by atoms with Gasteiger partial charge in [-0.05, 0) is 31.9 Å². The molecule has 1 aliphatic carbocycles. The number of aliphatic imine (C=N–C) groups is 1. The Kier molecular flexibility index (Phi) is 6.68. The Morgan fingerprint density at radius 2 is 2.11 bits per heavy atom. The number of β-amino-alcohol motifs (C(OH)–C–C–N with tert-alkyl or cyclic N) is 1. The van der Waals surface area contributed by atoms with Crippen molar-refractivity contribution in [3.63, 3.8) is 0 Å². The van der Waals surface area contributed by atoms with Crippen LogP contribution >= 0.6 is 0 Å². The van der Waals surface area contributed by atoms with Crippen LogP contribution in [0.1, 0.15) is 31.7 Å². The van der Waals surface area contributed by atoms with E-state index in [0.717, 1.165) is 31.6 Å². The highest BCUT2D eigenvalue weighted by atomic mass is 19.1. The minimum atomic E-state index is -0.909. The molecule has 3 unspecified atom stereocenters. The fourth-order valence-corrected chi connectivity index (χ4v) is 3.51. The Balaban J connectivity index is 1.54. The number of hydrogen-bond donors (Lipinski definition) is 3. The molecular weight excluding hydrogens is 347 g/mol. The van der Waals surface area contributed by atoms with E-state index in [0.29, 0.717) is 32.3 Å². The normalized spacial score (nSPS) is 25.7. The lowest BCUT2D eigenvalue weighted by atomic mass is 10.1. The first-order valence-electron chi connectivity index (χ1n) is 9.80. The average Bonchev–Trinajstić information content (AvgIpc) is 3.40. The van der Waals surface area contributed by atoms with Gasteiger partial charge in [-0.1, -0.05) is 18.2 Å². The van der Waals surface area contributed by atoms with E-state index >= 15 is 0 Å². The highest BCUT2D eigenvalue weighted by Crippen LogP contribution is 2.41. The number of nitrogens with one attached hydrogen (secondary N) is 2. The third kappa shape index (κ3) is 5.89. The van der Waals surface area contributed by atoms with Gasteiger partial charge < -0.3 is 20.5 Å². The highest BCUT2D eigenvalue weighted by Gasteiger charge is 2.40. The molecule has 150 valence electrons. The number of rotatable bonds is 7. The Bertz CT molecular complexity index is 647. The van der Waals surface area contributed by atoms with E-state index in [-0.39, 0.29) is 17.8 Å². The predicted molar refractivity (Wildman–Crippen MR) is 105 cm³/mol. The predicted octanol–water partition coefficient (Wildman–Crippen LogP) is 1.32. The second-order valence-electron chi connectivity index (χ2n) is 7.70. The van der Waals surface area contributed by atoms with Gasteiger partial charge in [-0.15, -0.1) is 0 Å². The summed E-state index contributed by atoms with van der Waals surface area (Å²) in [5.74, 6) is 0.690. The van der Waals surface area contributed by atoms with E-state index in [1.807, 2.05) is 26.0 Å². The van der Waals surface area contributed by atoms with Crippen LogP contribution in [0.4, 0.5) is 4.39 Å². The van der Waals surface area contributed by atoms with Gasteiger partial charge in [0.25, 0.3) is 0 Å². The number of morpholine rings is 1. The summed E-state index contributed by atoms with van der Waals surface area (Å²) in [6.07, 6.45) is 0.884. The average molecular weight is 378 g/mol. The molecule has 0 spiro atoms. The Labute approximate surface area is 160 Å². The molecule has 6 nitrogen and oxygen atoms in total. The molecule has 0 radical (unpaired) electrons. The molecule has 1 heterocycles. The van der Waals surface area contributed by atoms with Crippen molar-refractivity contribution in [3.05, 3.63) is 35.6 Å². The van der Waals surface area contributed by atoms with Gasteiger partial charge in [0.05, 0.1) is 25.4 Å². The summed E-state index contributed by atoms with van der Waals surface area (Å²) in [4.78, 5) is 6.78. The van der Waals surface area contributed by atoms with Crippen molar-refractivity contribution in [2.24, 2.45) is 4.99 Å². The minimum Gasteiger partial charge on any atom is -0.387 e. The Morgan fingerprint density at radius 3 is 2.81 bits per heavy atom. The maximum Gasteiger partial charge on any atom is 0.191 e. The van der Waals surface area contributed by atoms with E-state index in [9.17, 15) is 9.50 Å². The molecule has 0 amide bonds. The smallest absolute Gasteiger partial charge is 0.191 e. The van der Waals surface area contributed by atoms with Crippen LogP contribution in [0.15, 0.2) is 29.3 Å². The lowest BCUT2D eigenvalue weighted by Crippen LogP contribution is -2.48. The maximum absolute atomic E-state index is 13.9. The molecule has 1 aromatic rings. The third-order valence-electron chi connectivity index (χ3n) is 5.01. The molecule has 0 aromatic heterocycles. The van der Waals surface area contributed by atoms with Gasteiger partial charge in [-0.3, -0.25) is 9.89 Å². The number of nitrogens with zero attached hydrogens (tertiary/aromatic N) is 2. The third-order valence-corrected chi connectivity index (χ3v) is 5.01. The van der Waals surface area contributed by atoms with Crippen molar-refractivity contribution in [2.45, 2.75) is 37.8 Å². The summed E-state index contributed by atoms with van der Waals surface area (Å²) >= 11 is 0. The summed E-state index contributed by atoms with van der Waals surface area (Å²) in [6, 6.07) is 7.11. The second kappa shape index (κ2) is 8.99. The summed E-state index contributed by atoms with van der Waals surface area (Å²) in [5.41, 5.74) is -0.154. The largest absolute Gasteiger partial charge is 0.387 e. The lowest BCUT2D eigenvalue weighted by Gasteiger charge is -2.33. The van der Waals surface area contributed by atoms with Crippen molar-refractivity contribution in [1.29, 1.82) is 0 Å². The van der Waals surface area contributed by atoms with Crippen LogP contribution in [0.5, 0.6) is 0 Å². The molecule has 3 N–H and O–H groups in total. The second-order valence-corrected chi connectivity index (χ2v) is 7.70. The zero-order valence-corrected chi connectivity index (χ0v) is 16.2. The van der Waals surface area contributed by atoms with Crippen LogP contribution in [0.25, 0.3) is 0 Å². The molecule has 3 atom stereocenters. The minimum absolute atomic E-state index is 0.151. The number of hydrogen-bond acceptors (Lipinski definition) is 4. The molecule has 2 aliphatic rings. The van der Waals surface area contributed by atoms with Crippen LogP contribution in [-0.2, 0) is 4.74 Å². The molecule has 27 heavy (non-hydrogen) atoms. The van der Waals surface area contributed by atoms with Crippen LogP contribution in [-0.4, -0.2) is 73.5 Å². The maximum atomic E-state index is 13.9. The van der Waals surface area contributed by atoms with Gasteiger partial charge in [0, 0.05) is 38.1 Å². The molecule has 1 saturated heterocycles. The van der Waals surface area contributed by atoms with Gasteiger partial charge in [0.15, 0.2) is 5.96 Å². The quantitative estimate of drug-likeness (QED) is 0.493. The first-order chi connectivity index (χ1) is 13.0. The van der Waals surface area contributed by atoms with E-state index in [2.05, 4.69) is 20.5 Å². The Hall–Kier alpha value is -1.70. The molecule has 1 aromatic carbocycles. The van der Waals surface area contributed by atoms with Gasteiger partial charge in [-0.2, -0.15) is 0 Å². The first kappa shape index (κ1) is 20.0. The number of halogens is 1. The first-order valence-corrected chi connectivity index (χ1v) is 9.80. The van der Waals surface area contributed by atoms with Crippen LogP contribution < -0.4 is 10.6 Å². The van der Waals surface area contributed by atoms with E-state index in [1.54, 1.807) is 6.07 Å². The molecule has 2 fully saturated rings. The summed E-state index contributed by atoms with van der Waals surface area (Å²) in [7, 11) is 0. The summed E-state index contributed by atoms with van der Waals surface area (Å²) in [5, 5.41) is 17.3. The van der Waals surface area contributed by atoms with Gasteiger partial charge in [0.2, 0.25) is 0 Å². The molecule has 1 aliphatic heterocycles. The SMILES string of the molecule is CCNC(=NCC(C)(O)CN1CCOCC1)NC1CC1c1ccccc1F. The van der Waals surface area contributed by atoms with Crippen molar-refractivity contribution in [1.82, 2.24) is 15.5 Å². The number of aliphatic hydroxyl groups is 1. The van der Waals surface area contributed by atoms with Crippen molar-refractivity contribution in [2.75, 3.05) is 45.9 Å². The zero-order chi connectivity index (χ0) is 19.3. The Morgan fingerprint density at radius 1 is 1.37 bits per heavy atom.